The molecule has 9 heteroatoms. The number of hydroxylamine groups is 1. The van der Waals surface area contributed by atoms with Crippen LogP contribution < -0.4 is 16.1 Å². The van der Waals surface area contributed by atoms with Crippen LogP contribution in [0.5, 0.6) is 0 Å². The lowest BCUT2D eigenvalue weighted by Gasteiger charge is -2.20. The average molecular weight is 493 g/mol. The standard InChI is InChI=1S/C27H32N4O5/c32-25(31-35)15-3-1-2-14-24-27(34)30-22-12-7-5-10-19(22)26(33)28-17-20-18-9-4-6-11-21(18)29-23(20)13-8-16-36-24/h4-7,9-12,24,29,35H,1-3,8,13-17H2,(H,28,33)(H,30,34)(H,31,32)/t24-/m1/s1. The van der Waals surface area contributed by atoms with Crippen LogP contribution in [0, 0.1) is 0 Å². The topological polar surface area (TPSA) is 133 Å². The van der Waals surface area contributed by atoms with E-state index in [-0.39, 0.29) is 18.2 Å². The van der Waals surface area contributed by atoms with Crippen LogP contribution in [-0.2, 0) is 27.3 Å². The lowest BCUT2D eigenvalue weighted by Crippen LogP contribution is -2.32. The molecule has 190 valence electrons. The van der Waals surface area contributed by atoms with Crippen molar-refractivity contribution in [1.82, 2.24) is 15.8 Å². The first kappa shape index (κ1) is 25.4. The molecule has 2 aromatic carbocycles. The Kier molecular flexibility index (Phi) is 8.70. The van der Waals surface area contributed by atoms with Crippen molar-refractivity contribution in [3.05, 3.63) is 65.4 Å². The molecule has 0 radical (unpaired) electrons. The monoisotopic (exact) mass is 492 g/mol. The van der Waals surface area contributed by atoms with E-state index in [0.29, 0.717) is 50.1 Å². The molecule has 0 saturated heterocycles. The zero-order valence-corrected chi connectivity index (χ0v) is 20.1. The number of nitrogens with one attached hydrogen (secondary N) is 4. The molecular formula is C27H32N4O5. The number of aryl methyl sites for hydroxylation is 1. The molecule has 4 rings (SSSR count). The van der Waals surface area contributed by atoms with Crippen molar-refractivity contribution in [3.63, 3.8) is 0 Å². The summed E-state index contributed by atoms with van der Waals surface area (Å²) in [7, 11) is 0. The predicted molar refractivity (Wildman–Crippen MR) is 136 cm³/mol. The van der Waals surface area contributed by atoms with Crippen molar-refractivity contribution in [2.75, 3.05) is 11.9 Å². The predicted octanol–water partition coefficient (Wildman–Crippen LogP) is 3.82. The van der Waals surface area contributed by atoms with E-state index in [9.17, 15) is 14.4 Å². The van der Waals surface area contributed by atoms with Crippen LogP contribution in [0.2, 0.25) is 0 Å². The van der Waals surface area contributed by atoms with E-state index in [4.69, 9.17) is 9.94 Å². The number of aromatic nitrogens is 1. The molecule has 0 aliphatic carbocycles. The van der Waals surface area contributed by atoms with Crippen LogP contribution in [0.15, 0.2) is 48.5 Å². The van der Waals surface area contributed by atoms with E-state index in [2.05, 4.69) is 15.6 Å². The highest BCUT2D eigenvalue weighted by Crippen LogP contribution is 2.25. The number of hydrogen-bond donors (Lipinski definition) is 5. The first-order valence-corrected chi connectivity index (χ1v) is 12.4. The molecule has 2 heterocycles. The molecule has 0 spiro atoms. The minimum Gasteiger partial charge on any atom is -0.368 e. The van der Waals surface area contributed by atoms with Gasteiger partial charge in [-0.3, -0.25) is 19.6 Å². The highest BCUT2D eigenvalue weighted by molar-refractivity contribution is 6.04. The van der Waals surface area contributed by atoms with E-state index in [1.807, 2.05) is 24.3 Å². The average Bonchev–Trinajstić information content (AvgIpc) is 3.25. The SMILES string of the molecule is O=C(CCCCC[C@H]1OCCCc2[nH]c3ccccc3c2CNC(=O)c2ccccc2NC1=O)NO. The van der Waals surface area contributed by atoms with Gasteiger partial charge in [0.05, 0.1) is 11.3 Å². The molecule has 36 heavy (non-hydrogen) atoms. The molecule has 1 aromatic heterocycles. The molecule has 0 saturated carbocycles. The molecule has 0 unspecified atom stereocenters. The number of carbonyl (C=O) groups is 3. The Morgan fingerprint density at radius 1 is 1.06 bits per heavy atom. The summed E-state index contributed by atoms with van der Waals surface area (Å²) in [6.07, 6.45) is 3.47. The van der Waals surface area contributed by atoms with E-state index >= 15 is 0 Å². The van der Waals surface area contributed by atoms with Crippen LogP contribution in [0.1, 0.15) is 60.1 Å². The highest BCUT2D eigenvalue weighted by atomic mass is 16.5. The molecule has 3 amide bonds. The maximum Gasteiger partial charge on any atom is 0.253 e. The number of hydrogen-bond acceptors (Lipinski definition) is 5. The van der Waals surface area contributed by atoms with Gasteiger partial charge in [-0.1, -0.05) is 43.2 Å². The van der Waals surface area contributed by atoms with E-state index in [0.717, 1.165) is 35.0 Å². The zero-order chi connectivity index (χ0) is 25.3. The number of para-hydroxylation sites is 2. The second kappa shape index (κ2) is 12.3. The molecule has 5 N–H and O–H groups in total. The van der Waals surface area contributed by atoms with Crippen molar-refractivity contribution in [3.8, 4) is 0 Å². The number of anilines is 1. The molecule has 0 fully saturated rings. The minimum absolute atomic E-state index is 0.226. The third-order valence-corrected chi connectivity index (χ3v) is 6.43. The number of amides is 3. The maximum atomic E-state index is 13.1. The molecule has 1 aliphatic rings. The zero-order valence-electron chi connectivity index (χ0n) is 20.1. The third kappa shape index (κ3) is 6.30. The van der Waals surface area contributed by atoms with Crippen molar-refractivity contribution in [2.24, 2.45) is 0 Å². The summed E-state index contributed by atoms with van der Waals surface area (Å²) in [4.78, 5) is 40.9. The molecule has 9 nitrogen and oxygen atoms in total. The number of carbonyl (C=O) groups excluding carboxylic acids is 3. The summed E-state index contributed by atoms with van der Waals surface area (Å²) >= 11 is 0. The van der Waals surface area contributed by atoms with Crippen LogP contribution in [0.4, 0.5) is 5.69 Å². The Morgan fingerprint density at radius 3 is 2.72 bits per heavy atom. The van der Waals surface area contributed by atoms with Crippen molar-refractivity contribution in [2.45, 2.75) is 57.6 Å². The second-order valence-corrected chi connectivity index (χ2v) is 8.94. The number of ether oxygens (including phenoxy) is 1. The van der Waals surface area contributed by atoms with Crippen LogP contribution in [0.25, 0.3) is 10.9 Å². The number of aromatic amines is 1. The van der Waals surface area contributed by atoms with Gasteiger partial charge < -0.3 is 20.4 Å². The van der Waals surface area contributed by atoms with Gasteiger partial charge in [0.25, 0.3) is 11.8 Å². The number of rotatable bonds is 6. The van der Waals surface area contributed by atoms with Crippen LogP contribution in [-0.4, -0.2) is 40.6 Å². The first-order valence-electron chi connectivity index (χ1n) is 12.4. The van der Waals surface area contributed by atoms with E-state index in [1.165, 1.54) is 0 Å². The fourth-order valence-corrected chi connectivity index (χ4v) is 4.55. The first-order chi connectivity index (χ1) is 17.6. The lowest BCUT2D eigenvalue weighted by atomic mass is 10.1. The molecule has 3 aromatic rings. The van der Waals surface area contributed by atoms with Crippen LogP contribution >= 0.6 is 0 Å². The summed E-state index contributed by atoms with van der Waals surface area (Å²) in [5.74, 6) is -0.987. The minimum atomic E-state index is -0.682. The normalized spacial score (nSPS) is 16.9. The summed E-state index contributed by atoms with van der Waals surface area (Å²) in [6.45, 7) is 0.784. The summed E-state index contributed by atoms with van der Waals surface area (Å²) in [6, 6.07) is 15.0. The second-order valence-electron chi connectivity index (χ2n) is 8.94. The Labute approximate surface area is 209 Å². The van der Waals surface area contributed by atoms with Gasteiger partial charge in [-0.15, -0.1) is 0 Å². The molecule has 1 atom stereocenters. The van der Waals surface area contributed by atoms with Crippen molar-refractivity contribution < 1.29 is 24.3 Å². The molecule has 1 aliphatic heterocycles. The Bertz CT molecular complexity index is 1220. The summed E-state index contributed by atoms with van der Waals surface area (Å²) in [5, 5.41) is 15.6. The maximum absolute atomic E-state index is 13.1. The summed E-state index contributed by atoms with van der Waals surface area (Å²) < 4.78 is 6.03. The van der Waals surface area contributed by atoms with Crippen molar-refractivity contribution >= 4 is 34.3 Å². The van der Waals surface area contributed by atoms with Gasteiger partial charge in [-0.25, -0.2) is 5.48 Å². The van der Waals surface area contributed by atoms with Crippen molar-refractivity contribution in [1.29, 1.82) is 0 Å². The van der Waals surface area contributed by atoms with Gasteiger partial charge in [-0.2, -0.15) is 0 Å². The van der Waals surface area contributed by atoms with Gasteiger partial charge >= 0.3 is 0 Å². The van der Waals surface area contributed by atoms with Gasteiger partial charge in [0.1, 0.15) is 6.10 Å². The third-order valence-electron chi connectivity index (χ3n) is 6.43. The Hall–Kier alpha value is -3.69. The van der Waals surface area contributed by atoms with Gasteiger partial charge in [0.15, 0.2) is 0 Å². The lowest BCUT2D eigenvalue weighted by molar-refractivity contribution is -0.129. The number of fused-ring (bicyclic) bond motifs is 4. The molecular weight excluding hydrogens is 460 g/mol. The van der Waals surface area contributed by atoms with Crippen LogP contribution in [0.3, 0.4) is 0 Å². The van der Waals surface area contributed by atoms with Gasteiger partial charge in [0, 0.05) is 36.2 Å². The van der Waals surface area contributed by atoms with E-state index < -0.39 is 12.0 Å². The Morgan fingerprint density at radius 2 is 1.86 bits per heavy atom. The summed E-state index contributed by atoms with van der Waals surface area (Å²) in [5.41, 5.74) is 5.57. The number of H-pyrrole nitrogens is 1. The number of benzene rings is 2. The fraction of sp³-hybridized carbons (Fsp3) is 0.370. The number of unbranched alkanes of at least 4 members (excludes halogenated alkanes) is 2. The Balaban J connectivity index is 1.53. The quantitative estimate of drug-likeness (QED) is 0.203. The fourth-order valence-electron chi connectivity index (χ4n) is 4.55. The van der Waals surface area contributed by atoms with Gasteiger partial charge in [-0.05, 0) is 49.4 Å². The highest BCUT2D eigenvalue weighted by Gasteiger charge is 2.22. The van der Waals surface area contributed by atoms with E-state index in [1.54, 1.807) is 29.7 Å². The smallest absolute Gasteiger partial charge is 0.253 e. The largest absolute Gasteiger partial charge is 0.368 e. The van der Waals surface area contributed by atoms with Gasteiger partial charge in [0.2, 0.25) is 5.91 Å². The molecule has 0 bridgehead atoms.